The molecule has 0 heterocycles. The van der Waals surface area contributed by atoms with E-state index in [1.165, 1.54) is 0 Å². The molecular weight excluding hydrogens is 210 g/mol. The van der Waals surface area contributed by atoms with Crippen LogP contribution in [-0.2, 0) is 0 Å². The van der Waals surface area contributed by atoms with Crippen molar-refractivity contribution in [2.45, 2.75) is 20.0 Å². The SMILES string of the molecule is Cc1ccc(N)c(C(O)c2ccccc2C)c1. The Balaban J connectivity index is 2.47. The normalized spacial score (nSPS) is 12.4. The van der Waals surface area contributed by atoms with Gasteiger partial charge in [0, 0.05) is 11.3 Å². The molecule has 1 atom stereocenters. The number of aliphatic hydroxyl groups is 1. The van der Waals surface area contributed by atoms with Crippen LogP contribution in [0.5, 0.6) is 0 Å². The van der Waals surface area contributed by atoms with Crippen LogP contribution in [0.15, 0.2) is 42.5 Å². The zero-order valence-electron chi connectivity index (χ0n) is 10.1. The molecule has 0 aromatic heterocycles. The molecule has 0 fully saturated rings. The maximum Gasteiger partial charge on any atom is 0.106 e. The van der Waals surface area contributed by atoms with E-state index in [0.29, 0.717) is 5.69 Å². The number of hydrogen-bond acceptors (Lipinski definition) is 2. The van der Waals surface area contributed by atoms with E-state index in [0.717, 1.165) is 22.3 Å². The molecule has 0 radical (unpaired) electrons. The third-order valence-corrected chi connectivity index (χ3v) is 3.02. The lowest BCUT2D eigenvalue weighted by Crippen LogP contribution is -2.05. The first-order valence-corrected chi connectivity index (χ1v) is 5.69. The van der Waals surface area contributed by atoms with E-state index in [2.05, 4.69) is 0 Å². The maximum atomic E-state index is 10.4. The minimum atomic E-state index is -0.656. The zero-order chi connectivity index (χ0) is 12.4. The standard InChI is InChI=1S/C15H17NO/c1-10-7-8-14(16)13(9-10)15(17)12-6-4-3-5-11(12)2/h3-9,15,17H,16H2,1-2H3. The first-order valence-electron chi connectivity index (χ1n) is 5.69. The van der Waals surface area contributed by atoms with Gasteiger partial charge in [0.15, 0.2) is 0 Å². The number of aryl methyl sites for hydroxylation is 2. The van der Waals surface area contributed by atoms with Crippen molar-refractivity contribution in [3.63, 3.8) is 0 Å². The van der Waals surface area contributed by atoms with Crippen LogP contribution in [0.3, 0.4) is 0 Å². The van der Waals surface area contributed by atoms with Crippen LogP contribution >= 0.6 is 0 Å². The highest BCUT2D eigenvalue weighted by Crippen LogP contribution is 2.29. The molecule has 2 heteroatoms. The smallest absolute Gasteiger partial charge is 0.106 e. The molecule has 3 N–H and O–H groups in total. The summed E-state index contributed by atoms with van der Waals surface area (Å²) in [6.07, 6.45) is -0.656. The minimum absolute atomic E-state index is 0.631. The summed E-state index contributed by atoms with van der Waals surface area (Å²) in [7, 11) is 0. The largest absolute Gasteiger partial charge is 0.398 e. The van der Waals surface area contributed by atoms with E-state index in [-0.39, 0.29) is 0 Å². The molecular formula is C15H17NO. The average Bonchev–Trinajstić information content (AvgIpc) is 2.32. The summed E-state index contributed by atoms with van der Waals surface area (Å²) in [4.78, 5) is 0. The molecule has 2 nitrogen and oxygen atoms in total. The van der Waals surface area contributed by atoms with Crippen molar-refractivity contribution >= 4 is 5.69 Å². The molecule has 0 bridgehead atoms. The van der Waals surface area contributed by atoms with Crippen LogP contribution in [0, 0.1) is 13.8 Å². The van der Waals surface area contributed by atoms with Crippen molar-refractivity contribution in [2.24, 2.45) is 0 Å². The van der Waals surface area contributed by atoms with E-state index in [1.807, 2.05) is 56.3 Å². The van der Waals surface area contributed by atoms with Crippen molar-refractivity contribution in [1.82, 2.24) is 0 Å². The zero-order valence-corrected chi connectivity index (χ0v) is 10.1. The molecule has 2 aromatic carbocycles. The van der Waals surface area contributed by atoms with Crippen LogP contribution in [0.4, 0.5) is 5.69 Å². The molecule has 2 aromatic rings. The first-order chi connectivity index (χ1) is 8.09. The highest BCUT2D eigenvalue weighted by molar-refractivity contribution is 5.52. The minimum Gasteiger partial charge on any atom is -0.398 e. The van der Waals surface area contributed by atoms with Gasteiger partial charge in [0.05, 0.1) is 0 Å². The monoisotopic (exact) mass is 227 g/mol. The highest BCUT2D eigenvalue weighted by Gasteiger charge is 2.15. The Labute approximate surface area is 102 Å². The van der Waals surface area contributed by atoms with E-state index >= 15 is 0 Å². The predicted molar refractivity (Wildman–Crippen MR) is 70.8 cm³/mol. The van der Waals surface area contributed by atoms with Gasteiger partial charge < -0.3 is 10.8 Å². The van der Waals surface area contributed by atoms with Gasteiger partial charge in [-0.3, -0.25) is 0 Å². The van der Waals surface area contributed by atoms with Gasteiger partial charge in [-0.1, -0.05) is 42.0 Å². The van der Waals surface area contributed by atoms with Gasteiger partial charge in [-0.05, 0) is 31.0 Å². The molecule has 88 valence electrons. The van der Waals surface area contributed by atoms with Crippen LogP contribution in [0.2, 0.25) is 0 Å². The van der Waals surface area contributed by atoms with Crippen molar-refractivity contribution < 1.29 is 5.11 Å². The van der Waals surface area contributed by atoms with Gasteiger partial charge in [0.25, 0.3) is 0 Å². The number of aliphatic hydroxyl groups excluding tert-OH is 1. The molecule has 0 saturated carbocycles. The molecule has 0 aliphatic rings. The average molecular weight is 227 g/mol. The van der Waals surface area contributed by atoms with E-state index in [1.54, 1.807) is 0 Å². The van der Waals surface area contributed by atoms with Crippen molar-refractivity contribution in [1.29, 1.82) is 0 Å². The van der Waals surface area contributed by atoms with Gasteiger partial charge in [0.2, 0.25) is 0 Å². The predicted octanol–water partition coefficient (Wildman–Crippen LogP) is 2.97. The maximum absolute atomic E-state index is 10.4. The number of rotatable bonds is 2. The van der Waals surface area contributed by atoms with Crippen LogP contribution in [0.1, 0.15) is 28.4 Å². The van der Waals surface area contributed by atoms with Crippen LogP contribution in [0.25, 0.3) is 0 Å². The number of nitrogen functional groups attached to an aromatic ring is 1. The molecule has 0 amide bonds. The summed E-state index contributed by atoms with van der Waals surface area (Å²) in [5.74, 6) is 0. The Hall–Kier alpha value is -1.80. The fraction of sp³-hybridized carbons (Fsp3) is 0.200. The number of anilines is 1. The van der Waals surface area contributed by atoms with Gasteiger partial charge in [-0.2, -0.15) is 0 Å². The Morgan fingerprint density at radius 3 is 2.41 bits per heavy atom. The van der Waals surface area contributed by atoms with Crippen molar-refractivity contribution in [3.8, 4) is 0 Å². The Bertz CT molecular complexity index is 534. The Morgan fingerprint density at radius 1 is 1.00 bits per heavy atom. The molecule has 0 spiro atoms. The fourth-order valence-corrected chi connectivity index (χ4v) is 1.99. The van der Waals surface area contributed by atoms with E-state index in [9.17, 15) is 5.11 Å². The molecule has 0 aliphatic carbocycles. The second kappa shape index (κ2) is 4.60. The van der Waals surface area contributed by atoms with Gasteiger partial charge in [-0.15, -0.1) is 0 Å². The number of nitrogens with two attached hydrogens (primary N) is 1. The van der Waals surface area contributed by atoms with Gasteiger partial charge in [-0.25, -0.2) is 0 Å². The summed E-state index contributed by atoms with van der Waals surface area (Å²) in [6, 6.07) is 13.5. The lowest BCUT2D eigenvalue weighted by atomic mass is 9.95. The Morgan fingerprint density at radius 2 is 1.71 bits per heavy atom. The first kappa shape index (κ1) is 11.7. The Kier molecular flexibility index (Phi) is 3.16. The molecule has 17 heavy (non-hydrogen) atoms. The van der Waals surface area contributed by atoms with E-state index in [4.69, 9.17) is 5.73 Å². The summed E-state index contributed by atoms with van der Waals surface area (Å²) < 4.78 is 0. The highest BCUT2D eigenvalue weighted by atomic mass is 16.3. The van der Waals surface area contributed by atoms with Gasteiger partial charge >= 0.3 is 0 Å². The number of benzene rings is 2. The summed E-state index contributed by atoms with van der Waals surface area (Å²) in [6.45, 7) is 3.98. The quantitative estimate of drug-likeness (QED) is 0.775. The lowest BCUT2D eigenvalue weighted by molar-refractivity contribution is 0.220. The second-order valence-corrected chi connectivity index (χ2v) is 4.39. The molecule has 1 unspecified atom stereocenters. The third-order valence-electron chi connectivity index (χ3n) is 3.02. The molecule has 2 rings (SSSR count). The topological polar surface area (TPSA) is 46.2 Å². The summed E-state index contributed by atoms with van der Waals surface area (Å²) >= 11 is 0. The molecule has 0 saturated heterocycles. The van der Waals surface area contributed by atoms with E-state index < -0.39 is 6.10 Å². The van der Waals surface area contributed by atoms with Crippen molar-refractivity contribution in [3.05, 3.63) is 64.7 Å². The fourth-order valence-electron chi connectivity index (χ4n) is 1.99. The van der Waals surface area contributed by atoms with Gasteiger partial charge in [0.1, 0.15) is 6.10 Å². The molecule has 0 aliphatic heterocycles. The van der Waals surface area contributed by atoms with Crippen molar-refractivity contribution in [2.75, 3.05) is 5.73 Å². The summed E-state index contributed by atoms with van der Waals surface area (Å²) in [5.41, 5.74) is 10.4. The van der Waals surface area contributed by atoms with Crippen LogP contribution in [-0.4, -0.2) is 5.11 Å². The lowest BCUT2D eigenvalue weighted by Gasteiger charge is -2.16. The number of hydrogen-bond donors (Lipinski definition) is 2. The third kappa shape index (κ3) is 2.32. The van der Waals surface area contributed by atoms with Crippen LogP contribution < -0.4 is 5.73 Å². The second-order valence-electron chi connectivity index (χ2n) is 4.39. The summed E-state index contributed by atoms with van der Waals surface area (Å²) in [5, 5.41) is 10.4.